The molecule has 2 aliphatic heterocycles. The summed E-state index contributed by atoms with van der Waals surface area (Å²) in [5.74, 6) is -0.200. The zero-order valence-electron chi connectivity index (χ0n) is 26.7. The Morgan fingerprint density at radius 1 is 0.837 bits per heavy atom. The van der Waals surface area contributed by atoms with E-state index < -0.39 is 19.9 Å². The van der Waals surface area contributed by atoms with E-state index in [1.54, 1.807) is 5.57 Å². The van der Waals surface area contributed by atoms with Crippen LogP contribution in [0.25, 0.3) is 0 Å². The zero-order chi connectivity index (χ0) is 29.8. The van der Waals surface area contributed by atoms with Gasteiger partial charge in [0.2, 0.25) is 0 Å². The number of hydrogen-bond acceptors (Lipinski definition) is 5. The smallest absolute Gasteiger partial charge is 0.261 e. The third-order valence-corrected chi connectivity index (χ3v) is 16.6. The van der Waals surface area contributed by atoms with Crippen LogP contribution in [0.4, 0.5) is 0 Å². The molecule has 2 heterocycles. The summed E-state index contributed by atoms with van der Waals surface area (Å²) < 4.78 is 33.3. The van der Waals surface area contributed by atoms with E-state index in [4.69, 9.17) is 23.4 Å². The van der Waals surface area contributed by atoms with Crippen molar-refractivity contribution >= 4 is 18.7 Å². The van der Waals surface area contributed by atoms with Crippen molar-refractivity contribution in [3.8, 4) is 0 Å². The molecule has 2 aromatic carbocycles. The van der Waals surface area contributed by atoms with Crippen molar-refractivity contribution in [2.24, 2.45) is 17.3 Å². The van der Waals surface area contributed by atoms with E-state index in [0.29, 0.717) is 38.3 Å². The highest BCUT2D eigenvalue weighted by Gasteiger charge is 2.68. The molecule has 7 rings (SSSR count). The lowest BCUT2D eigenvalue weighted by Gasteiger charge is -2.47. The normalized spacial score (nSPS) is 29.5. The predicted molar refractivity (Wildman–Crippen MR) is 172 cm³/mol. The lowest BCUT2D eigenvalue weighted by Crippen LogP contribution is -2.66. The Kier molecular flexibility index (Phi) is 7.80. The molecule has 3 atom stereocenters. The molecule has 0 aromatic heterocycles. The molecular weight excluding hydrogens is 552 g/mol. The van der Waals surface area contributed by atoms with Crippen LogP contribution in [0.2, 0.25) is 5.04 Å². The first-order valence-corrected chi connectivity index (χ1v) is 18.7. The van der Waals surface area contributed by atoms with Crippen molar-refractivity contribution in [2.75, 3.05) is 33.0 Å². The van der Waals surface area contributed by atoms with Crippen LogP contribution in [0.1, 0.15) is 79.1 Å². The Hall–Kier alpha value is -1.80. The summed E-state index contributed by atoms with van der Waals surface area (Å²) in [6.45, 7) is 12.8. The number of fused-ring (bicyclic) bond motifs is 5. The third kappa shape index (κ3) is 4.58. The van der Waals surface area contributed by atoms with E-state index in [2.05, 4.69) is 88.4 Å². The molecule has 0 unspecified atom stereocenters. The molecule has 6 heteroatoms. The van der Waals surface area contributed by atoms with Crippen molar-refractivity contribution in [3.05, 3.63) is 71.8 Å². The maximum Gasteiger partial charge on any atom is 0.261 e. The minimum absolute atomic E-state index is 0.00589. The highest BCUT2D eigenvalue weighted by Crippen LogP contribution is 2.69. The first-order valence-electron chi connectivity index (χ1n) is 16.8. The SMILES string of the molecule is CC1([C@@]23CCC[C@@H](C2)C2=C3C[C@@H](CCCCO[Si](c3ccccc3)(c3ccccc3)C(C)(C)C)C23OCCO3)OCCO1. The number of benzene rings is 2. The first-order chi connectivity index (χ1) is 20.8. The Morgan fingerprint density at radius 3 is 2.05 bits per heavy atom. The first kappa shape index (κ1) is 29.9. The van der Waals surface area contributed by atoms with Gasteiger partial charge in [0.05, 0.1) is 26.4 Å². The molecule has 43 heavy (non-hydrogen) atoms. The van der Waals surface area contributed by atoms with Crippen LogP contribution in [0.5, 0.6) is 0 Å². The van der Waals surface area contributed by atoms with Crippen molar-refractivity contribution in [1.29, 1.82) is 0 Å². The van der Waals surface area contributed by atoms with Gasteiger partial charge in [0, 0.05) is 17.9 Å². The topological polar surface area (TPSA) is 46.2 Å². The fourth-order valence-corrected chi connectivity index (χ4v) is 14.4. The molecule has 5 nitrogen and oxygen atoms in total. The highest BCUT2D eigenvalue weighted by molar-refractivity contribution is 6.99. The Morgan fingerprint density at radius 2 is 1.44 bits per heavy atom. The van der Waals surface area contributed by atoms with Crippen LogP contribution in [0.15, 0.2) is 71.8 Å². The van der Waals surface area contributed by atoms with Gasteiger partial charge in [0.25, 0.3) is 8.32 Å². The van der Waals surface area contributed by atoms with E-state index in [1.807, 2.05) is 0 Å². The maximum absolute atomic E-state index is 7.21. The molecule has 232 valence electrons. The van der Waals surface area contributed by atoms with E-state index in [9.17, 15) is 0 Å². The predicted octanol–water partition coefficient (Wildman–Crippen LogP) is 6.75. The lowest BCUT2D eigenvalue weighted by molar-refractivity contribution is -0.223. The number of rotatable bonds is 9. The molecule has 0 amide bonds. The maximum atomic E-state index is 7.21. The Bertz CT molecular complexity index is 1270. The second-order valence-corrected chi connectivity index (χ2v) is 19.0. The second-order valence-electron chi connectivity index (χ2n) is 14.7. The molecule has 2 saturated heterocycles. The van der Waals surface area contributed by atoms with E-state index >= 15 is 0 Å². The van der Waals surface area contributed by atoms with Crippen molar-refractivity contribution in [1.82, 2.24) is 0 Å². The second kappa shape index (κ2) is 11.2. The summed E-state index contributed by atoms with van der Waals surface area (Å²) >= 11 is 0. The summed E-state index contributed by atoms with van der Waals surface area (Å²) in [6, 6.07) is 22.0. The van der Waals surface area contributed by atoms with Crippen LogP contribution >= 0.6 is 0 Å². The van der Waals surface area contributed by atoms with Gasteiger partial charge in [0.1, 0.15) is 0 Å². The van der Waals surface area contributed by atoms with Crippen LogP contribution in [-0.4, -0.2) is 52.9 Å². The average Bonchev–Trinajstić information content (AvgIpc) is 3.79. The van der Waals surface area contributed by atoms with Gasteiger partial charge in [-0.2, -0.15) is 0 Å². The summed E-state index contributed by atoms with van der Waals surface area (Å²) in [7, 11) is -2.52. The zero-order valence-corrected chi connectivity index (χ0v) is 27.7. The summed E-state index contributed by atoms with van der Waals surface area (Å²) in [6.07, 6.45) is 8.97. The Balaban J connectivity index is 1.09. The summed E-state index contributed by atoms with van der Waals surface area (Å²) in [5, 5.41) is 2.69. The molecule has 2 bridgehead atoms. The number of ether oxygens (including phenoxy) is 4. The number of unbranched alkanes of at least 4 members (excludes halogenated alkanes) is 1. The fraction of sp³-hybridized carbons (Fsp3) is 0.622. The van der Waals surface area contributed by atoms with Gasteiger partial charge < -0.3 is 23.4 Å². The quantitative estimate of drug-likeness (QED) is 0.181. The van der Waals surface area contributed by atoms with Gasteiger partial charge >= 0.3 is 0 Å². The monoisotopic (exact) mass is 602 g/mol. The largest absolute Gasteiger partial charge is 0.407 e. The van der Waals surface area contributed by atoms with Crippen LogP contribution in [-0.2, 0) is 23.4 Å². The molecule has 2 aromatic rings. The minimum atomic E-state index is -2.52. The fourth-order valence-electron chi connectivity index (χ4n) is 9.77. The van der Waals surface area contributed by atoms with E-state index in [0.717, 1.165) is 45.1 Å². The molecular formula is C37H50O5Si. The molecule has 1 saturated carbocycles. The summed E-state index contributed by atoms with van der Waals surface area (Å²) in [4.78, 5) is 0. The van der Waals surface area contributed by atoms with Gasteiger partial charge in [0.15, 0.2) is 11.6 Å². The van der Waals surface area contributed by atoms with Crippen molar-refractivity contribution in [3.63, 3.8) is 0 Å². The Labute approximate surface area is 259 Å². The van der Waals surface area contributed by atoms with Gasteiger partial charge in [-0.1, -0.05) is 99.8 Å². The summed E-state index contributed by atoms with van der Waals surface area (Å²) in [5.41, 5.74) is 3.01. The molecule has 0 radical (unpaired) electrons. The third-order valence-electron chi connectivity index (χ3n) is 11.5. The van der Waals surface area contributed by atoms with Crippen molar-refractivity contribution in [2.45, 2.75) is 95.7 Å². The highest BCUT2D eigenvalue weighted by atomic mass is 28.4. The molecule has 3 aliphatic carbocycles. The van der Waals surface area contributed by atoms with Gasteiger partial charge in [-0.15, -0.1) is 0 Å². The standard InChI is InChI=1S/C37H50O5Si/c1-34(2,3)43(30-16-7-5-8-17-30,31-18-9-6-10-19-31)42-21-12-11-15-29-26-32-33(37(29)40-24-25-41-37)28-14-13-20-36(32,27-28)35(4)38-22-23-39-35/h5-10,16-19,28-29H,11-15,20-27H2,1-4H3/t28-,29+,36-/m0/s1. The van der Waals surface area contributed by atoms with Crippen LogP contribution < -0.4 is 10.4 Å². The van der Waals surface area contributed by atoms with E-state index in [1.165, 1.54) is 28.8 Å². The van der Waals surface area contributed by atoms with Gasteiger partial charge in [-0.25, -0.2) is 0 Å². The van der Waals surface area contributed by atoms with E-state index in [-0.39, 0.29) is 10.5 Å². The molecule has 5 aliphatic rings. The van der Waals surface area contributed by atoms with Crippen LogP contribution in [0, 0.1) is 17.3 Å². The van der Waals surface area contributed by atoms with Crippen molar-refractivity contribution < 1.29 is 23.4 Å². The lowest BCUT2D eigenvalue weighted by atomic mass is 9.64. The molecule has 3 fully saturated rings. The van der Waals surface area contributed by atoms with Gasteiger partial charge in [-0.3, -0.25) is 0 Å². The molecule has 1 spiro atoms. The average molecular weight is 603 g/mol. The number of hydrogen-bond donors (Lipinski definition) is 0. The van der Waals surface area contributed by atoms with Crippen LogP contribution in [0.3, 0.4) is 0 Å². The minimum Gasteiger partial charge on any atom is -0.407 e. The van der Waals surface area contributed by atoms with Gasteiger partial charge in [-0.05, 0) is 72.4 Å². The molecule has 0 N–H and O–H groups in total.